The van der Waals surface area contributed by atoms with Crippen molar-refractivity contribution in [2.45, 2.75) is 131 Å². The molecule has 0 aromatic carbocycles. The molecule has 0 aromatic heterocycles. The second-order valence-electron chi connectivity index (χ2n) is 15.4. The Morgan fingerprint density at radius 2 is 1.74 bits per heavy atom. The topological polar surface area (TPSA) is 132 Å². The number of unbranched alkanes of at least 4 members (excludes halogenated alkanes) is 2. The standard InChI is InChI=1S/C35H54O7/c1-9-10-11-12-22-29(40)28-27(33(6)14-13-25(38)32(4,5)30(22)33)24(37)18-34(7)23(17-26(39)35(28,34)8)19(2)15-21(36)16-20(3)31(41)42/h16,19,21-23,26,29-30,36,39-40H,9-15,17-18H2,1-8H3,(H,41,42)/b20-16+/t19-,21+,22+,23-,26+,29-,30-,33-,34-,35+/m1/s1. The molecule has 0 unspecified atom stereocenters. The maximum atomic E-state index is 14.4. The normalized spacial score (nSPS) is 41.2. The Morgan fingerprint density at radius 3 is 2.33 bits per heavy atom. The van der Waals surface area contributed by atoms with Crippen LogP contribution in [0.2, 0.25) is 0 Å². The molecule has 7 nitrogen and oxygen atoms in total. The van der Waals surface area contributed by atoms with Crippen molar-refractivity contribution < 1.29 is 34.8 Å². The number of ketones is 2. The Morgan fingerprint density at radius 1 is 1.10 bits per heavy atom. The molecule has 42 heavy (non-hydrogen) atoms. The molecule has 0 amide bonds. The van der Waals surface area contributed by atoms with Gasteiger partial charge in [-0.1, -0.05) is 67.7 Å². The number of allylic oxidation sites excluding steroid dienone is 1. The summed E-state index contributed by atoms with van der Waals surface area (Å²) in [4.78, 5) is 39.1. The summed E-state index contributed by atoms with van der Waals surface area (Å²) in [5.74, 6) is -1.45. The van der Waals surface area contributed by atoms with Crippen LogP contribution in [0.4, 0.5) is 0 Å². The summed E-state index contributed by atoms with van der Waals surface area (Å²) >= 11 is 0. The number of carboxylic acid groups (broad SMARTS) is 1. The van der Waals surface area contributed by atoms with E-state index in [9.17, 15) is 34.8 Å². The van der Waals surface area contributed by atoms with Crippen LogP contribution < -0.4 is 0 Å². The number of carbonyl (C=O) groups excluding carboxylic acids is 2. The lowest BCUT2D eigenvalue weighted by Gasteiger charge is -2.63. The van der Waals surface area contributed by atoms with E-state index in [1.54, 1.807) is 0 Å². The van der Waals surface area contributed by atoms with E-state index in [-0.39, 0.29) is 47.2 Å². The lowest BCUT2D eigenvalue weighted by molar-refractivity contribution is -0.154. The lowest BCUT2D eigenvalue weighted by atomic mass is 9.40. The SMILES string of the molecule is CCCCC[C@@H]1[C@@H]2C(C)(C)C(=O)CC[C@]2(C)C2=C([C@@H]1O)[C@]1(C)[C@@H](O)C[C@H]([C@H](C)C[C@H](O)/C=C(\C)C(=O)O)[C@@]1(C)CC2=O. The Kier molecular flexibility index (Phi) is 8.87. The van der Waals surface area contributed by atoms with Crippen LogP contribution in [-0.4, -0.2) is 56.3 Å². The van der Waals surface area contributed by atoms with Crippen molar-refractivity contribution >= 4 is 17.5 Å². The number of Topliss-reactive ketones (excluding diaryl/α,β-unsaturated/α-hetero) is 2. The molecule has 2 fully saturated rings. The van der Waals surface area contributed by atoms with Crippen molar-refractivity contribution in [2.24, 2.45) is 45.3 Å². The maximum Gasteiger partial charge on any atom is 0.331 e. The van der Waals surface area contributed by atoms with E-state index < -0.39 is 45.9 Å². The summed E-state index contributed by atoms with van der Waals surface area (Å²) in [6, 6.07) is 0. The molecule has 4 rings (SSSR count). The minimum Gasteiger partial charge on any atom is -0.478 e. The van der Waals surface area contributed by atoms with Gasteiger partial charge in [-0.2, -0.15) is 0 Å². The van der Waals surface area contributed by atoms with Crippen molar-refractivity contribution in [1.29, 1.82) is 0 Å². The molecular weight excluding hydrogens is 532 g/mol. The van der Waals surface area contributed by atoms with Crippen molar-refractivity contribution in [3.63, 3.8) is 0 Å². The van der Waals surface area contributed by atoms with Crippen molar-refractivity contribution in [2.75, 3.05) is 0 Å². The van der Waals surface area contributed by atoms with E-state index >= 15 is 0 Å². The van der Waals surface area contributed by atoms with Gasteiger partial charge in [0.25, 0.3) is 0 Å². The number of aliphatic hydroxyl groups is 3. The van der Waals surface area contributed by atoms with Gasteiger partial charge in [-0.05, 0) is 73.3 Å². The second-order valence-corrected chi connectivity index (χ2v) is 15.4. The molecule has 4 aliphatic rings. The first-order valence-corrected chi connectivity index (χ1v) is 16.2. The summed E-state index contributed by atoms with van der Waals surface area (Å²) in [5.41, 5.74) is -1.30. The first-order valence-electron chi connectivity index (χ1n) is 16.2. The van der Waals surface area contributed by atoms with E-state index in [4.69, 9.17) is 0 Å². The summed E-state index contributed by atoms with van der Waals surface area (Å²) < 4.78 is 0. The van der Waals surface area contributed by atoms with Gasteiger partial charge in [-0.3, -0.25) is 9.59 Å². The molecule has 0 saturated heterocycles. The van der Waals surface area contributed by atoms with E-state index in [0.29, 0.717) is 36.8 Å². The van der Waals surface area contributed by atoms with E-state index in [1.165, 1.54) is 13.0 Å². The van der Waals surface area contributed by atoms with Gasteiger partial charge in [0.05, 0.1) is 18.3 Å². The van der Waals surface area contributed by atoms with Crippen molar-refractivity contribution in [1.82, 2.24) is 0 Å². The fourth-order valence-corrected chi connectivity index (χ4v) is 10.5. The number of carboxylic acids is 1. The molecule has 7 heteroatoms. The Bertz CT molecular complexity index is 1180. The summed E-state index contributed by atoms with van der Waals surface area (Å²) in [6.45, 7) is 15.8. The van der Waals surface area contributed by atoms with Gasteiger partial charge >= 0.3 is 5.97 Å². The van der Waals surface area contributed by atoms with Gasteiger partial charge in [0, 0.05) is 40.2 Å². The summed E-state index contributed by atoms with van der Waals surface area (Å²) in [7, 11) is 0. The molecule has 0 aromatic rings. The zero-order chi connectivity index (χ0) is 31.6. The maximum absolute atomic E-state index is 14.4. The highest BCUT2D eigenvalue weighted by Gasteiger charge is 2.71. The summed E-state index contributed by atoms with van der Waals surface area (Å²) in [5, 5.41) is 44.3. The van der Waals surface area contributed by atoms with Crippen LogP contribution in [0.25, 0.3) is 0 Å². The molecule has 0 heterocycles. The van der Waals surface area contributed by atoms with Crippen LogP contribution in [0.3, 0.4) is 0 Å². The molecule has 0 radical (unpaired) electrons. The number of fused-ring (bicyclic) bond motifs is 4. The quantitative estimate of drug-likeness (QED) is 0.203. The largest absolute Gasteiger partial charge is 0.478 e. The Balaban J connectivity index is 1.83. The molecule has 2 saturated carbocycles. The van der Waals surface area contributed by atoms with Crippen LogP contribution >= 0.6 is 0 Å². The minimum absolute atomic E-state index is 0.0159. The predicted octanol–water partition coefficient (Wildman–Crippen LogP) is 5.65. The number of rotatable bonds is 9. The van der Waals surface area contributed by atoms with Crippen LogP contribution in [0.5, 0.6) is 0 Å². The van der Waals surface area contributed by atoms with Crippen LogP contribution in [0, 0.1) is 45.3 Å². The van der Waals surface area contributed by atoms with Crippen LogP contribution in [0.15, 0.2) is 22.8 Å². The predicted molar refractivity (Wildman–Crippen MR) is 161 cm³/mol. The Hall–Kier alpha value is -1.83. The Labute approximate surface area is 251 Å². The fourth-order valence-electron chi connectivity index (χ4n) is 10.5. The highest BCUT2D eigenvalue weighted by Crippen LogP contribution is 2.72. The third kappa shape index (κ3) is 4.77. The number of hydrogen-bond donors (Lipinski definition) is 4. The van der Waals surface area contributed by atoms with E-state index in [2.05, 4.69) is 20.8 Å². The zero-order valence-electron chi connectivity index (χ0n) is 27.0. The van der Waals surface area contributed by atoms with Crippen molar-refractivity contribution in [3.8, 4) is 0 Å². The molecule has 0 spiro atoms. The molecule has 236 valence electrons. The van der Waals surface area contributed by atoms with Gasteiger partial charge in [0.2, 0.25) is 0 Å². The number of hydrogen-bond acceptors (Lipinski definition) is 6. The summed E-state index contributed by atoms with van der Waals surface area (Å²) in [6.07, 6.45) is 4.42. The highest BCUT2D eigenvalue weighted by atomic mass is 16.4. The molecule has 10 atom stereocenters. The second kappa shape index (κ2) is 11.3. The van der Waals surface area contributed by atoms with Gasteiger partial charge in [0.1, 0.15) is 5.78 Å². The van der Waals surface area contributed by atoms with E-state index in [1.807, 2.05) is 27.7 Å². The number of carbonyl (C=O) groups is 3. The fraction of sp³-hybridized carbons (Fsp3) is 0.800. The monoisotopic (exact) mass is 586 g/mol. The molecule has 0 bridgehead atoms. The molecule has 4 N–H and O–H groups in total. The molecular formula is C35H54O7. The highest BCUT2D eigenvalue weighted by molar-refractivity contribution is 6.01. The smallest absolute Gasteiger partial charge is 0.331 e. The van der Waals surface area contributed by atoms with Gasteiger partial charge < -0.3 is 20.4 Å². The third-order valence-electron chi connectivity index (χ3n) is 12.8. The average Bonchev–Trinajstić information content (AvgIpc) is 3.09. The number of aliphatic carboxylic acids is 1. The molecule has 0 aliphatic heterocycles. The lowest BCUT2D eigenvalue weighted by Crippen LogP contribution is -2.63. The van der Waals surface area contributed by atoms with Gasteiger partial charge in [0.15, 0.2) is 5.78 Å². The molecule has 4 aliphatic carbocycles. The first-order chi connectivity index (χ1) is 19.4. The average molecular weight is 587 g/mol. The van der Waals surface area contributed by atoms with Crippen LogP contribution in [0.1, 0.15) is 113 Å². The van der Waals surface area contributed by atoms with Crippen LogP contribution in [-0.2, 0) is 14.4 Å². The minimum atomic E-state index is -1.07. The number of aliphatic hydroxyl groups excluding tert-OH is 3. The third-order valence-corrected chi connectivity index (χ3v) is 12.8. The van der Waals surface area contributed by atoms with Crippen molar-refractivity contribution in [3.05, 3.63) is 22.8 Å². The van der Waals surface area contributed by atoms with Gasteiger partial charge in [-0.25, -0.2) is 4.79 Å². The van der Waals surface area contributed by atoms with E-state index in [0.717, 1.165) is 25.7 Å². The zero-order valence-corrected chi connectivity index (χ0v) is 27.0. The van der Waals surface area contributed by atoms with Gasteiger partial charge in [-0.15, -0.1) is 0 Å². The first kappa shape index (κ1) is 33.1.